The van der Waals surface area contributed by atoms with Gasteiger partial charge in [-0.15, -0.1) is 0 Å². The molecule has 1 aliphatic heterocycles. The van der Waals surface area contributed by atoms with Crippen molar-refractivity contribution in [3.8, 4) is 0 Å². The summed E-state index contributed by atoms with van der Waals surface area (Å²) in [4.78, 5) is 2.57. The Morgan fingerprint density at radius 3 is 2.43 bits per heavy atom. The van der Waals surface area contributed by atoms with E-state index in [1.807, 2.05) is 0 Å². The monoisotopic (exact) mass is 198 g/mol. The minimum atomic E-state index is 0.313. The number of nitrogens with zero attached hydrogens (tertiary/aromatic N) is 1. The van der Waals surface area contributed by atoms with Crippen molar-refractivity contribution in [3.63, 3.8) is 0 Å². The molecule has 0 amide bonds. The second-order valence-corrected chi connectivity index (χ2v) is 5.36. The van der Waals surface area contributed by atoms with E-state index >= 15 is 0 Å². The van der Waals surface area contributed by atoms with Crippen LogP contribution in [0.3, 0.4) is 0 Å². The molecule has 84 valence electrons. The van der Waals surface area contributed by atoms with Gasteiger partial charge in [0.15, 0.2) is 0 Å². The van der Waals surface area contributed by atoms with Gasteiger partial charge in [-0.3, -0.25) is 4.90 Å². The van der Waals surface area contributed by atoms with Crippen LogP contribution in [0, 0.1) is 0 Å². The molecule has 0 saturated carbocycles. The van der Waals surface area contributed by atoms with Gasteiger partial charge in [0.25, 0.3) is 0 Å². The Hall–Kier alpha value is -0.0800. The molecule has 0 bridgehead atoms. The van der Waals surface area contributed by atoms with Crippen molar-refractivity contribution in [2.24, 2.45) is 0 Å². The molecule has 1 N–H and O–H groups in total. The predicted octanol–water partition coefficient (Wildman–Crippen LogP) is 2.25. The summed E-state index contributed by atoms with van der Waals surface area (Å²) in [6.07, 6.45) is 4.12. The van der Waals surface area contributed by atoms with Gasteiger partial charge in [-0.2, -0.15) is 0 Å². The number of hydrogen-bond acceptors (Lipinski definition) is 2. The van der Waals surface area contributed by atoms with Crippen LogP contribution in [-0.4, -0.2) is 36.1 Å². The molecule has 2 nitrogen and oxygen atoms in total. The van der Waals surface area contributed by atoms with Crippen LogP contribution < -0.4 is 5.32 Å². The summed E-state index contributed by atoms with van der Waals surface area (Å²) in [7, 11) is 0. The zero-order valence-corrected chi connectivity index (χ0v) is 10.3. The highest BCUT2D eigenvalue weighted by atomic mass is 15.2. The molecule has 1 saturated heterocycles. The highest BCUT2D eigenvalue weighted by molar-refractivity contribution is 4.82. The molecule has 1 unspecified atom stereocenters. The Kier molecular flexibility index (Phi) is 4.39. The van der Waals surface area contributed by atoms with E-state index in [0.717, 1.165) is 12.6 Å². The Balaban J connectivity index is 2.39. The summed E-state index contributed by atoms with van der Waals surface area (Å²) in [5, 5.41) is 3.61. The lowest BCUT2D eigenvalue weighted by atomic mass is 10.0. The van der Waals surface area contributed by atoms with Crippen LogP contribution in [0.2, 0.25) is 0 Å². The van der Waals surface area contributed by atoms with Crippen molar-refractivity contribution < 1.29 is 0 Å². The molecular formula is C12H26N2. The molecule has 0 spiro atoms. The first kappa shape index (κ1) is 12.0. The molecule has 0 aromatic rings. The molecule has 1 atom stereocenters. The van der Waals surface area contributed by atoms with Crippen molar-refractivity contribution in [1.29, 1.82) is 0 Å². The molecule has 0 aromatic carbocycles. The average molecular weight is 198 g/mol. The van der Waals surface area contributed by atoms with Gasteiger partial charge >= 0.3 is 0 Å². The minimum Gasteiger partial charge on any atom is -0.313 e. The lowest BCUT2D eigenvalue weighted by Crippen LogP contribution is -2.50. The molecule has 1 rings (SSSR count). The van der Waals surface area contributed by atoms with E-state index in [1.165, 1.54) is 32.4 Å². The van der Waals surface area contributed by atoms with Crippen molar-refractivity contribution in [1.82, 2.24) is 10.2 Å². The number of nitrogens with one attached hydrogen (secondary N) is 1. The Morgan fingerprint density at radius 1 is 1.29 bits per heavy atom. The zero-order valence-electron chi connectivity index (χ0n) is 10.3. The fraction of sp³-hybridized carbons (Fsp3) is 1.00. The van der Waals surface area contributed by atoms with Crippen molar-refractivity contribution in [2.75, 3.05) is 19.6 Å². The maximum absolute atomic E-state index is 3.61. The Morgan fingerprint density at radius 2 is 2.00 bits per heavy atom. The Bertz CT molecular complexity index is 154. The molecule has 1 fully saturated rings. The fourth-order valence-electron chi connectivity index (χ4n) is 2.22. The quantitative estimate of drug-likeness (QED) is 0.748. The van der Waals surface area contributed by atoms with Crippen molar-refractivity contribution in [3.05, 3.63) is 0 Å². The van der Waals surface area contributed by atoms with Gasteiger partial charge in [0.1, 0.15) is 0 Å². The summed E-state index contributed by atoms with van der Waals surface area (Å²) in [5.41, 5.74) is 0.313. The van der Waals surface area contributed by atoms with Gasteiger partial charge in [0.2, 0.25) is 0 Å². The average Bonchev–Trinajstić information content (AvgIpc) is 2.14. The maximum atomic E-state index is 3.61. The van der Waals surface area contributed by atoms with E-state index in [1.54, 1.807) is 0 Å². The topological polar surface area (TPSA) is 15.3 Å². The molecule has 1 heterocycles. The number of piperidine rings is 1. The predicted molar refractivity (Wildman–Crippen MR) is 62.6 cm³/mol. The van der Waals surface area contributed by atoms with Gasteiger partial charge in [-0.1, -0.05) is 13.3 Å². The second kappa shape index (κ2) is 5.13. The lowest BCUT2D eigenvalue weighted by molar-refractivity contribution is 0.122. The third kappa shape index (κ3) is 3.58. The number of rotatable bonds is 3. The summed E-state index contributed by atoms with van der Waals surface area (Å²) in [5.74, 6) is 0. The summed E-state index contributed by atoms with van der Waals surface area (Å²) >= 11 is 0. The molecule has 14 heavy (non-hydrogen) atoms. The summed E-state index contributed by atoms with van der Waals surface area (Å²) in [6, 6.07) is 0.725. The molecule has 0 aliphatic carbocycles. The largest absolute Gasteiger partial charge is 0.313 e. The highest BCUT2D eigenvalue weighted by Gasteiger charge is 2.23. The second-order valence-electron chi connectivity index (χ2n) is 5.36. The van der Waals surface area contributed by atoms with E-state index in [4.69, 9.17) is 0 Å². The van der Waals surface area contributed by atoms with Crippen LogP contribution in [0.15, 0.2) is 0 Å². The van der Waals surface area contributed by atoms with Crippen LogP contribution in [0.1, 0.15) is 47.0 Å². The number of hydrogen-bond donors (Lipinski definition) is 1. The molecule has 0 radical (unpaired) electrons. The van der Waals surface area contributed by atoms with Gasteiger partial charge in [0.05, 0.1) is 0 Å². The van der Waals surface area contributed by atoms with Crippen molar-refractivity contribution >= 4 is 0 Å². The van der Waals surface area contributed by atoms with E-state index in [9.17, 15) is 0 Å². The van der Waals surface area contributed by atoms with Gasteiger partial charge in [0, 0.05) is 18.1 Å². The number of likely N-dealkylation sites (N-methyl/N-ethyl adjacent to an activating group) is 1. The standard InChI is InChI=1S/C12H26N2/c1-5-14(12(2,3)4)10-11-8-6-7-9-13-11/h11,13H,5-10H2,1-4H3. The van der Waals surface area contributed by atoms with Gasteiger partial charge < -0.3 is 5.32 Å². The van der Waals surface area contributed by atoms with Crippen LogP contribution in [0.25, 0.3) is 0 Å². The first-order valence-electron chi connectivity index (χ1n) is 6.02. The van der Waals surface area contributed by atoms with E-state index in [2.05, 4.69) is 37.9 Å². The smallest absolute Gasteiger partial charge is 0.0195 e. The summed E-state index contributed by atoms with van der Waals surface area (Å²) < 4.78 is 0. The third-order valence-corrected chi connectivity index (χ3v) is 3.18. The molecule has 1 aliphatic rings. The van der Waals surface area contributed by atoms with E-state index in [-0.39, 0.29) is 0 Å². The normalized spacial score (nSPS) is 24.2. The van der Waals surface area contributed by atoms with E-state index in [0.29, 0.717) is 5.54 Å². The van der Waals surface area contributed by atoms with Crippen molar-refractivity contribution in [2.45, 2.75) is 58.5 Å². The maximum Gasteiger partial charge on any atom is 0.0195 e. The first-order chi connectivity index (χ1) is 6.54. The van der Waals surface area contributed by atoms with Gasteiger partial charge in [-0.25, -0.2) is 0 Å². The minimum absolute atomic E-state index is 0.313. The highest BCUT2D eigenvalue weighted by Crippen LogP contribution is 2.16. The molecule has 0 aromatic heterocycles. The van der Waals surface area contributed by atoms with Crippen LogP contribution in [-0.2, 0) is 0 Å². The Labute approximate surface area is 89.1 Å². The first-order valence-corrected chi connectivity index (χ1v) is 6.02. The van der Waals surface area contributed by atoms with Gasteiger partial charge in [-0.05, 0) is 46.7 Å². The lowest BCUT2D eigenvalue weighted by Gasteiger charge is -2.38. The van der Waals surface area contributed by atoms with Crippen LogP contribution >= 0.6 is 0 Å². The van der Waals surface area contributed by atoms with E-state index < -0.39 is 0 Å². The van der Waals surface area contributed by atoms with Crippen LogP contribution in [0.4, 0.5) is 0 Å². The summed E-state index contributed by atoms with van der Waals surface area (Å²) in [6.45, 7) is 12.8. The fourth-order valence-corrected chi connectivity index (χ4v) is 2.22. The SMILES string of the molecule is CCN(CC1CCCCN1)C(C)(C)C. The van der Waals surface area contributed by atoms with Crippen LogP contribution in [0.5, 0.6) is 0 Å². The molecular weight excluding hydrogens is 172 g/mol. The third-order valence-electron chi connectivity index (χ3n) is 3.18. The zero-order chi connectivity index (χ0) is 10.6. The molecule has 2 heteroatoms.